The van der Waals surface area contributed by atoms with Crippen molar-refractivity contribution in [1.82, 2.24) is 10.2 Å². The zero-order chi connectivity index (χ0) is 12.8. The SMILES string of the molecule is C=CC[C@@H](c1ccc(CC)cc1)N1CCNCC1. The van der Waals surface area contributed by atoms with E-state index in [-0.39, 0.29) is 0 Å². The molecule has 18 heavy (non-hydrogen) atoms. The first-order chi connectivity index (χ1) is 8.85. The topological polar surface area (TPSA) is 15.3 Å². The molecule has 0 unspecified atom stereocenters. The van der Waals surface area contributed by atoms with E-state index < -0.39 is 0 Å². The summed E-state index contributed by atoms with van der Waals surface area (Å²) in [7, 11) is 0. The van der Waals surface area contributed by atoms with Gasteiger partial charge in [-0.15, -0.1) is 6.58 Å². The Morgan fingerprint density at radius 3 is 2.50 bits per heavy atom. The van der Waals surface area contributed by atoms with Crippen molar-refractivity contribution in [2.75, 3.05) is 26.2 Å². The summed E-state index contributed by atoms with van der Waals surface area (Å²) in [4.78, 5) is 2.57. The molecule has 1 saturated heterocycles. The molecule has 1 N–H and O–H groups in total. The zero-order valence-electron chi connectivity index (χ0n) is 11.4. The van der Waals surface area contributed by atoms with Gasteiger partial charge in [-0.1, -0.05) is 37.3 Å². The highest BCUT2D eigenvalue weighted by Gasteiger charge is 2.20. The fraction of sp³-hybridized carbons (Fsp3) is 0.500. The first-order valence-electron chi connectivity index (χ1n) is 6.99. The Labute approximate surface area is 111 Å². The monoisotopic (exact) mass is 244 g/mol. The molecule has 1 aliphatic rings. The van der Waals surface area contributed by atoms with E-state index in [0.29, 0.717) is 6.04 Å². The molecule has 1 fully saturated rings. The lowest BCUT2D eigenvalue weighted by Gasteiger charge is -2.34. The van der Waals surface area contributed by atoms with Gasteiger partial charge in [-0.3, -0.25) is 4.90 Å². The van der Waals surface area contributed by atoms with E-state index in [1.165, 1.54) is 11.1 Å². The molecule has 0 bridgehead atoms. The molecule has 0 saturated carbocycles. The maximum atomic E-state index is 3.91. The normalized spacial score (nSPS) is 18.5. The van der Waals surface area contributed by atoms with Crippen LogP contribution in [0.25, 0.3) is 0 Å². The Balaban J connectivity index is 2.13. The van der Waals surface area contributed by atoms with Crippen LogP contribution < -0.4 is 5.32 Å². The number of hydrogen-bond donors (Lipinski definition) is 1. The van der Waals surface area contributed by atoms with Crippen molar-refractivity contribution >= 4 is 0 Å². The summed E-state index contributed by atoms with van der Waals surface area (Å²) in [5, 5.41) is 3.41. The second kappa shape index (κ2) is 6.72. The molecule has 1 aromatic rings. The Bertz CT molecular complexity index is 363. The molecule has 0 spiro atoms. The van der Waals surface area contributed by atoms with Crippen molar-refractivity contribution in [3.63, 3.8) is 0 Å². The number of piperazine rings is 1. The highest BCUT2D eigenvalue weighted by Crippen LogP contribution is 2.25. The number of nitrogens with zero attached hydrogens (tertiary/aromatic N) is 1. The van der Waals surface area contributed by atoms with Crippen LogP contribution in [-0.2, 0) is 6.42 Å². The number of rotatable bonds is 5. The second-order valence-corrected chi connectivity index (χ2v) is 4.92. The van der Waals surface area contributed by atoms with Gasteiger partial charge in [0.2, 0.25) is 0 Å². The number of hydrogen-bond acceptors (Lipinski definition) is 2. The largest absolute Gasteiger partial charge is 0.314 e. The summed E-state index contributed by atoms with van der Waals surface area (Å²) in [6, 6.07) is 9.58. The van der Waals surface area contributed by atoms with Gasteiger partial charge in [0.25, 0.3) is 0 Å². The highest BCUT2D eigenvalue weighted by atomic mass is 15.2. The number of aryl methyl sites for hydroxylation is 1. The Hall–Kier alpha value is -1.12. The van der Waals surface area contributed by atoms with Gasteiger partial charge in [0.05, 0.1) is 0 Å². The van der Waals surface area contributed by atoms with Crippen molar-refractivity contribution in [1.29, 1.82) is 0 Å². The quantitative estimate of drug-likeness (QED) is 0.801. The van der Waals surface area contributed by atoms with Crippen LogP contribution in [-0.4, -0.2) is 31.1 Å². The Kier molecular flexibility index (Phi) is 4.97. The highest BCUT2D eigenvalue weighted by molar-refractivity contribution is 5.25. The summed E-state index contributed by atoms with van der Waals surface area (Å²) in [6.45, 7) is 10.6. The lowest BCUT2D eigenvalue weighted by molar-refractivity contribution is 0.174. The van der Waals surface area contributed by atoms with E-state index in [0.717, 1.165) is 39.0 Å². The standard InChI is InChI=1S/C16H24N2/c1-3-5-16(18-12-10-17-11-13-18)15-8-6-14(4-2)7-9-15/h3,6-9,16-17H,1,4-5,10-13H2,2H3/t16-/m0/s1. The molecular formula is C16H24N2. The van der Waals surface area contributed by atoms with Crippen molar-refractivity contribution < 1.29 is 0 Å². The van der Waals surface area contributed by atoms with Gasteiger partial charge < -0.3 is 5.32 Å². The van der Waals surface area contributed by atoms with Gasteiger partial charge in [-0.2, -0.15) is 0 Å². The van der Waals surface area contributed by atoms with Crippen LogP contribution in [0.1, 0.15) is 30.5 Å². The van der Waals surface area contributed by atoms with E-state index in [1.54, 1.807) is 0 Å². The maximum absolute atomic E-state index is 3.91. The minimum absolute atomic E-state index is 0.496. The van der Waals surface area contributed by atoms with Crippen molar-refractivity contribution in [2.45, 2.75) is 25.8 Å². The van der Waals surface area contributed by atoms with Crippen molar-refractivity contribution in [3.05, 3.63) is 48.0 Å². The van der Waals surface area contributed by atoms with Crippen LogP contribution in [0.4, 0.5) is 0 Å². The minimum atomic E-state index is 0.496. The van der Waals surface area contributed by atoms with E-state index >= 15 is 0 Å². The van der Waals surface area contributed by atoms with Crippen LogP contribution in [0.3, 0.4) is 0 Å². The lowest BCUT2D eigenvalue weighted by Crippen LogP contribution is -2.45. The van der Waals surface area contributed by atoms with Gasteiger partial charge in [0.1, 0.15) is 0 Å². The fourth-order valence-electron chi connectivity index (χ4n) is 2.62. The van der Waals surface area contributed by atoms with Gasteiger partial charge in [0.15, 0.2) is 0 Å². The van der Waals surface area contributed by atoms with Gasteiger partial charge in [-0.25, -0.2) is 0 Å². The molecule has 1 aliphatic heterocycles. The third kappa shape index (κ3) is 3.21. The molecule has 2 rings (SSSR count). The van der Waals surface area contributed by atoms with Gasteiger partial charge in [0, 0.05) is 32.2 Å². The van der Waals surface area contributed by atoms with E-state index in [2.05, 4.69) is 48.0 Å². The molecule has 0 amide bonds. The third-order valence-corrected chi connectivity index (χ3v) is 3.76. The molecule has 0 aromatic heterocycles. The molecule has 1 heterocycles. The predicted molar refractivity (Wildman–Crippen MR) is 77.8 cm³/mol. The average molecular weight is 244 g/mol. The average Bonchev–Trinajstić information content (AvgIpc) is 2.46. The van der Waals surface area contributed by atoms with Gasteiger partial charge in [-0.05, 0) is 24.0 Å². The summed E-state index contributed by atoms with van der Waals surface area (Å²) in [5.74, 6) is 0. The molecule has 0 radical (unpaired) electrons. The van der Waals surface area contributed by atoms with Crippen LogP contribution in [0.15, 0.2) is 36.9 Å². The van der Waals surface area contributed by atoms with Gasteiger partial charge >= 0.3 is 0 Å². The Morgan fingerprint density at radius 2 is 1.94 bits per heavy atom. The first-order valence-corrected chi connectivity index (χ1v) is 6.99. The predicted octanol–water partition coefficient (Wildman–Crippen LogP) is 2.77. The number of benzene rings is 1. The van der Waals surface area contributed by atoms with Crippen LogP contribution >= 0.6 is 0 Å². The van der Waals surface area contributed by atoms with E-state index in [4.69, 9.17) is 0 Å². The summed E-state index contributed by atoms with van der Waals surface area (Å²) >= 11 is 0. The van der Waals surface area contributed by atoms with E-state index in [1.807, 2.05) is 6.08 Å². The fourth-order valence-corrected chi connectivity index (χ4v) is 2.62. The third-order valence-electron chi connectivity index (χ3n) is 3.76. The van der Waals surface area contributed by atoms with Crippen molar-refractivity contribution in [2.24, 2.45) is 0 Å². The lowest BCUT2D eigenvalue weighted by atomic mass is 9.99. The summed E-state index contributed by atoms with van der Waals surface area (Å²) in [6.07, 6.45) is 4.19. The maximum Gasteiger partial charge on any atom is 0.0383 e. The first kappa shape index (κ1) is 13.3. The molecule has 2 heteroatoms. The van der Waals surface area contributed by atoms with E-state index in [9.17, 15) is 0 Å². The molecule has 98 valence electrons. The van der Waals surface area contributed by atoms with Crippen LogP contribution in [0.2, 0.25) is 0 Å². The summed E-state index contributed by atoms with van der Waals surface area (Å²) < 4.78 is 0. The zero-order valence-corrected chi connectivity index (χ0v) is 11.4. The smallest absolute Gasteiger partial charge is 0.0383 e. The summed E-state index contributed by atoms with van der Waals surface area (Å²) in [5.41, 5.74) is 2.84. The molecular weight excluding hydrogens is 220 g/mol. The molecule has 2 nitrogen and oxygen atoms in total. The minimum Gasteiger partial charge on any atom is -0.314 e. The molecule has 0 aliphatic carbocycles. The molecule has 1 aromatic carbocycles. The van der Waals surface area contributed by atoms with Crippen LogP contribution in [0.5, 0.6) is 0 Å². The second-order valence-electron chi connectivity index (χ2n) is 4.92. The van der Waals surface area contributed by atoms with Crippen molar-refractivity contribution in [3.8, 4) is 0 Å². The number of nitrogens with one attached hydrogen (secondary N) is 1. The Morgan fingerprint density at radius 1 is 1.28 bits per heavy atom. The van der Waals surface area contributed by atoms with Crippen LogP contribution in [0, 0.1) is 0 Å². The molecule has 1 atom stereocenters.